The number of hydrogen-bond donors (Lipinski definition) is 0. The van der Waals surface area contributed by atoms with E-state index in [0.717, 1.165) is 5.56 Å². The van der Waals surface area contributed by atoms with Gasteiger partial charge in [0, 0.05) is 0 Å². The summed E-state index contributed by atoms with van der Waals surface area (Å²) in [5.74, 6) is 0. The van der Waals surface area contributed by atoms with Gasteiger partial charge in [-0.3, -0.25) is 0 Å². The molecule has 1 unspecified atom stereocenters. The molecule has 0 N–H and O–H groups in total. The van der Waals surface area contributed by atoms with E-state index in [1.807, 2.05) is 12.1 Å². The Morgan fingerprint density at radius 3 is 1.67 bits per heavy atom. The Hall–Kier alpha value is -0.690. The molecule has 1 atom stereocenters. The maximum atomic E-state index is 6.76. The highest BCUT2D eigenvalue weighted by Crippen LogP contribution is 2.39. The van der Waals surface area contributed by atoms with E-state index < -0.39 is 0 Å². The summed E-state index contributed by atoms with van der Waals surface area (Å²) >= 11 is 18.9. The molecule has 0 aromatic heterocycles. The second kappa shape index (κ2) is 6.20. The SMILES string of the molecule is Cc1c(C)c(C)c(C(Cl)c2ccc(Cl)c(Cl)c2)c(C)c1C. The van der Waals surface area contributed by atoms with E-state index in [4.69, 9.17) is 34.8 Å². The molecule has 3 heteroatoms. The van der Waals surface area contributed by atoms with Crippen molar-refractivity contribution in [2.45, 2.75) is 40.0 Å². The lowest BCUT2D eigenvalue weighted by Crippen LogP contribution is -2.06. The van der Waals surface area contributed by atoms with Crippen LogP contribution < -0.4 is 0 Å². The molecule has 0 fully saturated rings. The Labute approximate surface area is 142 Å². The van der Waals surface area contributed by atoms with Gasteiger partial charge in [-0.1, -0.05) is 29.3 Å². The molecule has 0 aliphatic heterocycles. The molecule has 0 heterocycles. The van der Waals surface area contributed by atoms with Gasteiger partial charge in [0.1, 0.15) is 0 Å². The number of rotatable bonds is 2. The molecule has 0 nitrogen and oxygen atoms in total. The Morgan fingerprint density at radius 2 is 1.19 bits per heavy atom. The van der Waals surface area contributed by atoms with Gasteiger partial charge in [-0.2, -0.15) is 0 Å². The van der Waals surface area contributed by atoms with Gasteiger partial charge in [0.25, 0.3) is 0 Å². The molecule has 2 aromatic carbocycles. The molecule has 21 heavy (non-hydrogen) atoms. The first kappa shape index (κ1) is 16.7. The Bertz CT molecular complexity index is 673. The molecular formula is C18H19Cl3. The first-order chi connectivity index (χ1) is 9.75. The van der Waals surface area contributed by atoms with Gasteiger partial charge >= 0.3 is 0 Å². The zero-order valence-corrected chi connectivity index (χ0v) is 15.2. The fraction of sp³-hybridized carbons (Fsp3) is 0.333. The standard InChI is InChI=1S/C18H19Cl3/c1-9-10(2)12(4)17(13(5)11(9)3)18(21)14-6-7-15(19)16(20)8-14/h6-8,18H,1-5H3. The molecule has 112 valence electrons. The summed E-state index contributed by atoms with van der Waals surface area (Å²) in [7, 11) is 0. The fourth-order valence-electron chi connectivity index (χ4n) is 2.75. The summed E-state index contributed by atoms with van der Waals surface area (Å²) < 4.78 is 0. The van der Waals surface area contributed by atoms with Gasteiger partial charge in [0.15, 0.2) is 0 Å². The minimum absolute atomic E-state index is 0.224. The number of halogens is 3. The molecule has 0 radical (unpaired) electrons. The number of benzene rings is 2. The van der Waals surface area contributed by atoms with Gasteiger partial charge in [-0.15, -0.1) is 11.6 Å². The van der Waals surface area contributed by atoms with E-state index in [2.05, 4.69) is 34.6 Å². The first-order valence-corrected chi connectivity index (χ1v) is 8.10. The van der Waals surface area contributed by atoms with E-state index in [-0.39, 0.29) is 5.38 Å². The minimum Gasteiger partial charge on any atom is -0.113 e. The van der Waals surface area contributed by atoms with E-state index in [1.54, 1.807) is 6.07 Å². The number of hydrogen-bond acceptors (Lipinski definition) is 0. The summed E-state index contributed by atoms with van der Waals surface area (Å²) in [5, 5.41) is 0.863. The normalized spacial score (nSPS) is 12.6. The van der Waals surface area contributed by atoms with Crippen LogP contribution in [0.25, 0.3) is 0 Å². The molecule has 0 saturated heterocycles. The van der Waals surface area contributed by atoms with Crippen molar-refractivity contribution in [2.75, 3.05) is 0 Å². The van der Waals surface area contributed by atoms with E-state index >= 15 is 0 Å². The average molecular weight is 342 g/mol. The van der Waals surface area contributed by atoms with Crippen molar-refractivity contribution in [2.24, 2.45) is 0 Å². The smallest absolute Gasteiger partial charge is 0.0841 e. The third-order valence-electron chi connectivity index (χ3n) is 4.55. The van der Waals surface area contributed by atoms with Gasteiger partial charge < -0.3 is 0 Å². The van der Waals surface area contributed by atoms with E-state index in [9.17, 15) is 0 Å². The van der Waals surface area contributed by atoms with E-state index in [0.29, 0.717) is 10.0 Å². The maximum absolute atomic E-state index is 6.76. The second-order valence-electron chi connectivity index (χ2n) is 5.57. The molecule has 0 spiro atoms. The predicted octanol–water partition coefficient (Wildman–Crippen LogP) is 6.86. The van der Waals surface area contributed by atoms with Crippen molar-refractivity contribution in [3.05, 3.63) is 67.2 Å². The zero-order valence-electron chi connectivity index (χ0n) is 12.9. The molecule has 0 saturated carbocycles. The summed E-state index contributed by atoms with van der Waals surface area (Å²) in [5.41, 5.74) is 8.60. The highest BCUT2D eigenvalue weighted by atomic mass is 35.5. The van der Waals surface area contributed by atoms with Crippen molar-refractivity contribution in [1.82, 2.24) is 0 Å². The predicted molar refractivity (Wildman–Crippen MR) is 94.3 cm³/mol. The van der Waals surface area contributed by atoms with Gasteiger partial charge in [0.2, 0.25) is 0 Å². The Morgan fingerprint density at radius 1 is 0.714 bits per heavy atom. The monoisotopic (exact) mass is 340 g/mol. The summed E-state index contributed by atoms with van der Waals surface area (Å²) in [6.45, 7) is 10.7. The largest absolute Gasteiger partial charge is 0.113 e. The lowest BCUT2D eigenvalue weighted by Gasteiger charge is -2.22. The van der Waals surface area contributed by atoms with Crippen LogP contribution in [0.2, 0.25) is 10.0 Å². The van der Waals surface area contributed by atoms with Crippen LogP contribution in [0.3, 0.4) is 0 Å². The lowest BCUT2D eigenvalue weighted by molar-refractivity contribution is 1.04. The minimum atomic E-state index is -0.224. The first-order valence-electron chi connectivity index (χ1n) is 6.91. The van der Waals surface area contributed by atoms with Crippen molar-refractivity contribution in [1.29, 1.82) is 0 Å². The Balaban J connectivity index is 2.63. The van der Waals surface area contributed by atoms with Crippen LogP contribution in [0.15, 0.2) is 18.2 Å². The average Bonchev–Trinajstić information content (AvgIpc) is 2.46. The highest BCUT2D eigenvalue weighted by molar-refractivity contribution is 6.42. The zero-order chi connectivity index (χ0) is 15.9. The van der Waals surface area contributed by atoms with E-state index in [1.165, 1.54) is 33.4 Å². The van der Waals surface area contributed by atoms with Gasteiger partial charge in [0.05, 0.1) is 15.4 Å². The molecule has 0 bridgehead atoms. The lowest BCUT2D eigenvalue weighted by atomic mass is 9.86. The van der Waals surface area contributed by atoms with Crippen LogP contribution in [0.5, 0.6) is 0 Å². The molecule has 2 aromatic rings. The van der Waals surface area contributed by atoms with Crippen LogP contribution in [0, 0.1) is 34.6 Å². The van der Waals surface area contributed by atoms with Crippen LogP contribution >= 0.6 is 34.8 Å². The highest BCUT2D eigenvalue weighted by Gasteiger charge is 2.20. The summed E-state index contributed by atoms with van der Waals surface area (Å²) in [6, 6.07) is 5.59. The second-order valence-corrected chi connectivity index (χ2v) is 6.83. The van der Waals surface area contributed by atoms with Crippen LogP contribution in [0.4, 0.5) is 0 Å². The van der Waals surface area contributed by atoms with Gasteiger partial charge in [-0.25, -0.2) is 0 Å². The van der Waals surface area contributed by atoms with Gasteiger partial charge in [-0.05, 0) is 85.7 Å². The topological polar surface area (TPSA) is 0 Å². The van der Waals surface area contributed by atoms with Crippen molar-refractivity contribution >= 4 is 34.8 Å². The van der Waals surface area contributed by atoms with Crippen LogP contribution in [0.1, 0.15) is 44.3 Å². The summed E-state index contributed by atoms with van der Waals surface area (Å²) in [6.07, 6.45) is 0. The molecule has 0 aliphatic carbocycles. The van der Waals surface area contributed by atoms with Crippen molar-refractivity contribution < 1.29 is 0 Å². The third-order valence-corrected chi connectivity index (χ3v) is 5.76. The maximum Gasteiger partial charge on any atom is 0.0841 e. The van der Waals surface area contributed by atoms with Crippen LogP contribution in [-0.2, 0) is 0 Å². The molecule has 2 rings (SSSR count). The molecule has 0 aliphatic rings. The number of alkyl halides is 1. The molecular weight excluding hydrogens is 323 g/mol. The van der Waals surface area contributed by atoms with Crippen LogP contribution in [-0.4, -0.2) is 0 Å². The fourth-order valence-corrected chi connectivity index (χ4v) is 3.52. The summed E-state index contributed by atoms with van der Waals surface area (Å²) in [4.78, 5) is 0. The third kappa shape index (κ3) is 2.95. The quantitative estimate of drug-likeness (QED) is 0.523. The Kier molecular flexibility index (Phi) is 4.92. The molecule has 0 amide bonds. The van der Waals surface area contributed by atoms with Crippen molar-refractivity contribution in [3.8, 4) is 0 Å². The van der Waals surface area contributed by atoms with Crippen molar-refractivity contribution in [3.63, 3.8) is 0 Å².